The first-order valence-electron chi connectivity index (χ1n) is 5.86. The lowest BCUT2D eigenvalue weighted by Gasteiger charge is -2.38. The van der Waals surface area contributed by atoms with Gasteiger partial charge in [0, 0.05) is 5.54 Å². The van der Waals surface area contributed by atoms with E-state index in [-0.39, 0.29) is 5.54 Å². The summed E-state index contributed by atoms with van der Waals surface area (Å²) >= 11 is 0. The van der Waals surface area contributed by atoms with Crippen molar-refractivity contribution in [1.29, 1.82) is 0 Å². The lowest BCUT2D eigenvalue weighted by atomic mass is 9.72. The summed E-state index contributed by atoms with van der Waals surface area (Å²) in [6.07, 6.45) is 8.25. The number of hydrogen-bond donors (Lipinski definition) is 1. The average Bonchev–Trinajstić information content (AvgIpc) is 2.27. The highest BCUT2D eigenvalue weighted by atomic mass is 14.8. The summed E-state index contributed by atoms with van der Waals surface area (Å²) < 4.78 is 0. The van der Waals surface area contributed by atoms with Gasteiger partial charge in [0.05, 0.1) is 0 Å². The molecule has 2 fully saturated rings. The van der Waals surface area contributed by atoms with Crippen LogP contribution in [0.15, 0.2) is 0 Å². The molecule has 0 aromatic rings. The second-order valence-electron chi connectivity index (χ2n) is 5.91. The third-order valence-electron chi connectivity index (χ3n) is 3.86. The molecule has 1 heteroatoms. The van der Waals surface area contributed by atoms with Crippen LogP contribution >= 0.6 is 0 Å². The minimum atomic E-state index is 0.207. The summed E-state index contributed by atoms with van der Waals surface area (Å²) in [4.78, 5) is 0. The molecule has 0 radical (unpaired) electrons. The highest BCUT2D eigenvalue weighted by Crippen LogP contribution is 2.47. The van der Waals surface area contributed by atoms with E-state index in [0.29, 0.717) is 0 Å². The van der Waals surface area contributed by atoms with Crippen molar-refractivity contribution in [2.45, 2.75) is 57.9 Å². The SMILES string of the molecule is CC(C)CC1(N)C[C@@H]2CC[C@@H](C2)C1. The van der Waals surface area contributed by atoms with Gasteiger partial charge in [-0.05, 0) is 43.4 Å². The summed E-state index contributed by atoms with van der Waals surface area (Å²) in [7, 11) is 0. The zero-order valence-corrected chi connectivity index (χ0v) is 9.05. The molecule has 0 heterocycles. The Labute approximate surface area is 82.1 Å². The minimum absolute atomic E-state index is 0.207. The van der Waals surface area contributed by atoms with Crippen molar-refractivity contribution in [2.75, 3.05) is 0 Å². The summed E-state index contributed by atoms with van der Waals surface area (Å²) in [5.41, 5.74) is 6.69. The molecule has 2 saturated carbocycles. The van der Waals surface area contributed by atoms with Crippen LogP contribution in [0.5, 0.6) is 0 Å². The fourth-order valence-corrected chi connectivity index (χ4v) is 3.76. The Kier molecular flexibility index (Phi) is 2.39. The van der Waals surface area contributed by atoms with E-state index in [9.17, 15) is 0 Å². The Morgan fingerprint density at radius 2 is 1.77 bits per heavy atom. The van der Waals surface area contributed by atoms with E-state index in [1.807, 2.05) is 0 Å². The summed E-state index contributed by atoms with van der Waals surface area (Å²) in [6.45, 7) is 4.59. The first-order chi connectivity index (χ1) is 6.07. The van der Waals surface area contributed by atoms with E-state index in [1.165, 1.54) is 38.5 Å². The normalized spacial score (nSPS) is 44.3. The van der Waals surface area contributed by atoms with Gasteiger partial charge in [-0.15, -0.1) is 0 Å². The van der Waals surface area contributed by atoms with Crippen LogP contribution in [0.25, 0.3) is 0 Å². The first kappa shape index (κ1) is 9.51. The molecule has 2 bridgehead atoms. The van der Waals surface area contributed by atoms with Crippen LogP contribution in [0.1, 0.15) is 52.4 Å². The van der Waals surface area contributed by atoms with E-state index in [2.05, 4.69) is 13.8 Å². The van der Waals surface area contributed by atoms with Crippen molar-refractivity contribution in [1.82, 2.24) is 0 Å². The van der Waals surface area contributed by atoms with E-state index in [4.69, 9.17) is 5.73 Å². The van der Waals surface area contributed by atoms with Crippen LogP contribution in [0.3, 0.4) is 0 Å². The minimum Gasteiger partial charge on any atom is -0.325 e. The monoisotopic (exact) mass is 181 g/mol. The average molecular weight is 181 g/mol. The lowest BCUT2D eigenvalue weighted by molar-refractivity contribution is 0.188. The van der Waals surface area contributed by atoms with Crippen LogP contribution in [-0.4, -0.2) is 5.54 Å². The molecule has 13 heavy (non-hydrogen) atoms. The van der Waals surface area contributed by atoms with Crippen molar-refractivity contribution in [2.24, 2.45) is 23.5 Å². The van der Waals surface area contributed by atoms with Gasteiger partial charge in [-0.1, -0.05) is 26.7 Å². The molecule has 0 spiro atoms. The molecule has 2 aliphatic rings. The second kappa shape index (κ2) is 3.27. The van der Waals surface area contributed by atoms with Gasteiger partial charge in [-0.3, -0.25) is 0 Å². The maximum atomic E-state index is 6.48. The largest absolute Gasteiger partial charge is 0.325 e. The third-order valence-corrected chi connectivity index (χ3v) is 3.86. The first-order valence-corrected chi connectivity index (χ1v) is 5.86. The molecule has 2 N–H and O–H groups in total. The quantitative estimate of drug-likeness (QED) is 0.696. The van der Waals surface area contributed by atoms with Crippen LogP contribution in [0.4, 0.5) is 0 Å². The zero-order chi connectivity index (χ0) is 9.47. The van der Waals surface area contributed by atoms with E-state index in [0.717, 1.165) is 17.8 Å². The van der Waals surface area contributed by atoms with Gasteiger partial charge in [0.15, 0.2) is 0 Å². The van der Waals surface area contributed by atoms with Crippen LogP contribution < -0.4 is 5.73 Å². The van der Waals surface area contributed by atoms with Crippen molar-refractivity contribution in [3.63, 3.8) is 0 Å². The summed E-state index contributed by atoms with van der Waals surface area (Å²) in [5.74, 6) is 2.72. The number of hydrogen-bond acceptors (Lipinski definition) is 1. The van der Waals surface area contributed by atoms with Gasteiger partial charge in [0.25, 0.3) is 0 Å². The Morgan fingerprint density at radius 3 is 2.23 bits per heavy atom. The molecule has 2 rings (SSSR count). The van der Waals surface area contributed by atoms with E-state index < -0.39 is 0 Å². The van der Waals surface area contributed by atoms with Crippen molar-refractivity contribution >= 4 is 0 Å². The van der Waals surface area contributed by atoms with Gasteiger partial charge >= 0.3 is 0 Å². The Morgan fingerprint density at radius 1 is 1.23 bits per heavy atom. The van der Waals surface area contributed by atoms with Crippen LogP contribution in [0.2, 0.25) is 0 Å². The molecule has 2 aliphatic carbocycles. The van der Waals surface area contributed by atoms with Crippen molar-refractivity contribution in [3.05, 3.63) is 0 Å². The van der Waals surface area contributed by atoms with Gasteiger partial charge in [0.2, 0.25) is 0 Å². The molecule has 0 aromatic carbocycles. The molecular weight excluding hydrogens is 158 g/mol. The molecule has 0 aliphatic heterocycles. The molecule has 76 valence electrons. The molecule has 0 saturated heterocycles. The Balaban J connectivity index is 1.99. The van der Waals surface area contributed by atoms with E-state index in [1.54, 1.807) is 0 Å². The number of fused-ring (bicyclic) bond motifs is 2. The molecule has 1 nitrogen and oxygen atoms in total. The fourth-order valence-electron chi connectivity index (χ4n) is 3.76. The smallest absolute Gasteiger partial charge is 0.0162 e. The molecule has 0 amide bonds. The van der Waals surface area contributed by atoms with Gasteiger partial charge < -0.3 is 5.73 Å². The van der Waals surface area contributed by atoms with Crippen molar-refractivity contribution < 1.29 is 0 Å². The standard InChI is InChI=1S/C12H23N/c1-9(2)6-12(13)7-10-3-4-11(5-10)8-12/h9-11H,3-8,13H2,1-2H3/t10-,11+,12?. The Hall–Kier alpha value is -0.0400. The number of rotatable bonds is 2. The van der Waals surface area contributed by atoms with Gasteiger partial charge in [-0.25, -0.2) is 0 Å². The number of nitrogens with two attached hydrogens (primary N) is 1. The second-order valence-corrected chi connectivity index (χ2v) is 5.91. The predicted octanol–water partition coefficient (Wildman–Crippen LogP) is 2.94. The lowest BCUT2D eigenvalue weighted by Crippen LogP contribution is -2.45. The van der Waals surface area contributed by atoms with Crippen LogP contribution in [0, 0.1) is 17.8 Å². The molecular formula is C12H23N. The van der Waals surface area contributed by atoms with Crippen molar-refractivity contribution in [3.8, 4) is 0 Å². The maximum absolute atomic E-state index is 6.48. The fraction of sp³-hybridized carbons (Fsp3) is 1.00. The zero-order valence-electron chi connectivity index (χ0n) is 9.05. The topological polar surface area (TPSA) is 26.0 Å². The van der Waals surface area contributed by atoms with Crippen LogP contribution in [-0.2, 0) is 0 Å². The highest BCUT2D eigenvalue weighted by molar-refractivity contribution is 4.97. The van der Waals surface area contributed by atoms with Gasteiger partial charge in [-0.2, -0.15) is 0 Å². The highest BCUT2D eigenvalue weighted by Gasteiger charge is 2.41. The predicted molar refractivity (Wildman–Crippen MR) is 56.4 cm³/mol. The molecule has 3 atom stereocenters. The molecule has 0 aromatic heterocycles. The molecule has 1 unspecified atom stereocenters. The van der Waals surface area contributed by atoms with Gasteiger partial charge in [0.1, 0.15) is 0 Å². The summed E-state index contributed by atoms with van der Waals surface area (Å²) in [6, 6.07) is 0. The summed E-state index contributed by atoms with van der Waals surface area (Å²) in [5, 5.41) is 0. The Bertz CT molecular complexity index is 174. The van der Waals surface area contributed by atoms with E-state index >= 15 is 0 Å². The third kappa shape index (κ3) is 2.07. The maximum Gasteiger partial charge on any atom is 0.0162 e.